The maximum atomic E-state index is 12.1. The summed E-state index contributed by atoms with van der Waals surface area (Å²) in [7, 11) is 2.26. The van der Waals surface area contributed by atoms with E-state index in [1.807, 2.05) is 0 Å². The highest BCUT2D eigenvalue weighted by Gasteiger charge is 2.82. The van der Waals surface area contributed by atoms with Gasteiger partial charge >= 0.3 is 0 Å². The minimum Gasteiger partial charge on any atom is -0.392 e. The molecule has 5 heterocycles. The fourth-order valence-electron chi connectivity index (χ4n) is 10.0. The summed E-state index contributed by atoms with van der Waals surface area (Å²) in [4.78, 5) is 2.51. The Morgan fingerprint density at radius 1 is 1.03 bits per heavy atom. The molecule has 4 unspecified atom stereocenters. The summed E-state index contributed by atoms with van der Waals surface area (Å²) in [6, 6.07) is 10.1. The zero-order chi connectivity index (χ0) is 22.3. The van der Waals surface area contributed by atoms with Crippen LogP contribution in [0.2, 0.25) is 0 Å². The molecule has 4 nitrogen and oxygen atoms in total. The molecular weight excluding hydrogens is 396 g/mol. The Morgan fingerprint density at radius 2 is 1.78 bits per heavy atom. The van der Waals surface area contributed by atoms with Crippen molar-refractivity contribution >= 4 is 5.69 Å². The lowest BCUT2D eigenvalue weighted by Crippen LogP contribution is -2.83. The summed E-state index contributed by atoms with van der Waals surface area (Å²) >= 11 is 0. The van der Waals surface area contributed by atoms with Crippen LogP contribution in [0.5, 0.6) is 0 Å². The fraction of sp³-hybridized carbons (Fsp3) is 0.786. The Hall–Kier alpha value is -1.10. The molecule has 4 heteroatoms. The van der Waals surface area contributed by atoms with Gasteiger partial charge in [-0.25, -0.2) is 0 Å². The number of unbranched alkanes of at least 4 members (excludes halogenated alkanes) is 5. The molecule has 176 valence electrons. The summed E-state index contributed by atoms with van der Waals surface area (Å²) < 4.78 is 0.898. The van der Waals surface area contributed by atoms with Crippen LogP contribution >= 0.6 is 0 Å². The number of likely N-dealkylation sites (N-methyl/N-ethyl adjacent to an activating group) is 1. The third-order valence-electron chi connectivity index (χ3n) is 11.0. The normalized spacial score (nSPS) is 47.2. The first kappa shape index (κ1) is 21.4. The average Bonchev–Trinajstić information content (AvgIpc) is 3.19. The Labute approximate surface area is 194 Å². The van der Waals surface area contributed by atoms with Crippen LogP contribution in [0.15, 0.2) is 24.3 Å². The number of fused-ring (bicyclic) bond motifs is 2. The predicted molar refractivity (Wildman–Crippen MR) is 128 cm³/mol. The number of nitrogens with zero attached hydrogens (tertiary/aromatic N) is 2. The molecular formula is C28H43N2O2+. The number of aliphatic hydroxyl groups is 2. The van der Waals surface area contributed by atoms with Crippen molar-refractivity contribution in [1.29, 1.82) is 0 Å². The van der Waals surface area contributed by atoms with Crippen molar-refractivity contribution in [3.8, 4) is 0 Å². The topological polar surface area (TPSA) is 43.7 Å². The van der Waals surface area contributed by atoms with Gasteiger partial charge in [0.25, 0.3) is 0 Å². The van der Waals surface area contributed by atoms with Crippen molar-refractivity contribution in [1.82, 2.24) is 0 Å². The van der Waals surface area contributed by atoms with Crippen molar-refractivity contribution in [2.24, 2.45) is 17.8 Å². The highest BCUT2D eigenvalue weighted by atomic mass is 16.3. The SMILES string of the molecule is CCCCCCCC[N+]12C3C[C@@H](C4[C@H]1CC1(c5ccccc5N(C)[C@@H]31)[C@H]4O)[C@H](CC)[C@H]2O. The number of hydrogen-bond acceptors (Lipinski definition) is 3. The van der Waals surface area contributed by atoms with Crippen molar-refractivity contribution < 1.29 is 14.7 Å². The highest BCUT2D eigenvalue weighted by Crippen LogP contribution is 2.71. The van der Waals surface area contributed by atoms with Gasteiger partial charge in [-0.05, 0) is 36.8 Å². The molecule has 1 spiro atoms. The van der Waals surface area contributed by atoms with Gasteiger partial charge in [0, 0.05) is 37.4 Å². The van der Waals surface area contributed by atoms with Crippen molar-refractivity contribution in [3.05, 3.63) is 29.8 Å². The molecule has 5 aliphatic heterocycles. The zero-order valence-electron chi connectivity index (χ0n) is 20.3. The second-order valence-corrected chi connectivity index (χ2v) is 11.8. The smallest absolute Gasteiger partial charge is 0.194 e. The van der Waals surface area contributed by atoms with E-state index in [1.165, 1.54) is 56.2 Å². The first-order chi connectivity index (χ1) is 15.5. The van der Waals surface area contributed by atoms with Crippen LogP contribution in [0.1, 0.15) is 77.2 Å². The van der Waals surface area contributed by atoms with Crippen LogP contribution < -0.4 is 4.90 Å². The van der Waals surface area contributed by atoms with Crippen LogP contribution in [-0.4, -0.2) is 58.7 Å². The molecule has 0 amide bonds. The molecule has 5 fully saturated rings. The van der Waals surface area contributed by atoms with Gasteiger partial charge in [-0.1, -0.05) is 57.7 Å². The van der Waals surface area contributed by atoms with Gasteiger partial charge in [0.1, 0.15) is 6.04 Å². The molecule has 0 aromatic heterocycles. The molecule has 0 radical (unpaired) electrons. The van der Waals surface area contributed by atoms with E-state index in [4.69, 9.17) is 0 Å². The lowest BCUT2D eigenvalue weighted by Gasteiger charge is -2.68. The third kappa shape index (κ3) is 2.35. The number of benzene rings is 1. The van der Waals surface area contributed by atoms with Gasteiger partial charge in [-0.2, -0.15) is 0 Å². The van der Waals surface area contributed by atoms with E-state index in [0.29, 0.717) is 35.9 Å². The maximum absolute atomic E-state index is 12.1. The largest absolute Gasteiger partial charge is 0.392 e. The summed E-state index contributed by atoms with van der Waals surface area (Å²) in [6.45, 7) is 5.64. The molecule has 1 saturated carbocycles. The van der Waals surface area contributed by atoms with E-state index >= 15 is 0 Å². The number of rotatable bonds is 8. The first-order valence-corrected chi connectivity index (χ1v) is 13.6. The van der Waals surface area contributed by atoms with E-state index < -0.39 is 0 Å². The fourth-order valence-corrected chi connectivity index (χ4v) is 10.0. The summed E-state index contributed by atoms with van der Waals surface area (Å²) in [5, 5.41) is 24.1. The second-order valence-electron chi connectivity index (χ2n) is 11.8. The average molecular weight is 440 g/mol. The van der Waals surface area contributed by atoms with E-state index in [-0.39, 0.29) is 17.7 Å². The Morgan fingerprint density at radius 3 is 2.56 bits per heavy atom. The number of piperidine rings is 4. The van der Waals surface area contributed by atoms with Crippen LogP contribution in [0.3, 0.4) is 0 Å². The summed E-state index contributed by atoms with van der Waals surface area (Å²) in [5.41, 5.74) is 2.58. The lowest BCUT2D eigenvalue weighted by atomic mass is 9.60. The van der Waals surface area contributed by atoms with Crippen LogP contribution in [-0.2, 0) is 5.41 Å². The number of aliphatic hydroxyl groups excluding tert-OH is 2. The quantitative estimate of drug-likeness (QED) is 0.465. The number of hydrogen-bond donors (Lipinski definition) is 2. The first-order valence-electron chi connectivity index (χ1n) is 13.6. The summed E-state index contributed by atoms with van der Waals surface area (Å²) in [5.74, 6) is 1.18. The van der Waals surface area contributed by atoms with Gasteiger partial charge in [0.2, 0.25) is 0 Å². The number of para-hydroxylation sites is 1. The van der Waals surface area contributed by atoms with Crippen LogP contribution in [0.4, 0.5) is 5.69 Å². The van der Waals surface area contributed by atoms with Gasteiger partial charge in [-0.3, -0.25) is 4.48 Å². The number of quaternary nitrogens is 1. The van der Waals surface area contributed by atoms with Gasteiger partial charge in [-0.15, -0.1) is 0 Å². The molecule has 10 atom stereocenters. The Bertz CT molecular complexity index is 875. The van der Waals surface area contributed by atoms with E-state index in [2.05, 4.69) is 50.1 Å². The molecule has 5 bridgehead atoms. The molecule has 32 heavy (non-hydrogen) atoms. The molecule has 2 N–H and O–H groups in total. The third-order valence-corrected chi connectivity index (χ3v) is 11.0. The Kier molecular flexibility index (Phi) is 4.99. The minimum atomic E-state index is -0.273. The predicted octanol–water partition coefficient (Wildman–Crippen LogP) is 4.43. The molecule has 6 aliphatic rings. The van der Waals surface area contributed by atoms with Crippen LogP contribution in [0.25, 0.3) is 0 Å². The van der Waals surface area contributed by atoms with Crippen molar-refractivity contribution in [2.75, 3.05) is 18.5 Å². The molecule has 7 rings (SSSR count). The number of anilines is 1. The van der Waals surface area contributed by atoms with E-state index in [1.54, 1.807) is 0 Å². The van der Waals surface area contributed by atoms with E-state index in [9.17, 15) is 10.2 Å². The van der Waals surface area contributed by atoms with Crippen molar-refractivity contribution in [3.63, 3.8) is 0 Å². The molecule has 1 aromatic carbocycles. The Balaban J connectivity index is 1.41. The van der Waals surface area contributed by atoms with Gasteiger partial charge < -0.3 is 15.1 Å². The van der Waals surface area contributed by atoms with Gasteiger partial charge in [0.15, 0.2) is 6.23 Å². The molecule has 1 aliphatic carbocycles. The zero-order valence-corrected chi connectivity index (χ0v) is 20.3. The lowest BCUT2D eigenvalue weighted by molar-refractivity contribution is -1.04. The van der Waals surface area contributed by atoms with E-state index in [0.717, 1.165) is 23.9 Å². The monoisotopic (exact) mass is 439 g/mol. The minimum absolute atomic E-state index is 0.134. The van der Waals surface area contributed by atoms with Crippen LogP contribution in [0, 0.1) is 17.8 Å². The van der Waals surface area contributed by atoms with Crippen molar-refractivity contribution in [2.45, 2.75) is 108 Å². The maximum Gasteiger partial charge on any atom is 0.194 e. The molecule has 4 saturated heterocycles. The highest BCUT2D eigenvalue weighted by molar-refractivity contribution is 5.66. The second kappa shape index (κ2) is 7.45. The standard InChI is InChI=1S/C28H43N2O2/c1-4-6-7-8-9-12-15-30-22-16-19(18(5-2)27(30)32)24-23(30)17-28(26(24)31)20-13-10-11-14-21(20)29(3)25(22)28/h10-11,13-14,18-19,22-27,31-32H,4-9,12,15-17H2,1-3H3/q+1/t18-,19+,22?,23+,24?,25-,26-,27+,28?,30?/m0/s1. The molecule has 1 aromatic rings. The van der Waals surface area contributed by atoms with Gasteiger partial charge in [0.05, 0.1) is 30.1 Å². The summed E-state index contributed by atoms with van der Waals surface area (Å²) in [6.07, 6.45) is 10.6.